The lowest BCUT2D eigenvalue weighted by atomic mass is 10.1. The Hall–Kier alpha value is -1.85. The van der Waals surface area contributed by atoms with Crippen molar-refractivity contribution in [3.63, 3.8) is 0 Å². The predicted octanol–water partition coefficient (Wildman–Crippen LogP) is 5.38. The van der Waals surface area contributed by atoms with Crippen molar-refractivity contribution in [3.8, 4) is 5.69 Å². The van der Waals surface area contributed by atoms with Gasteiger partial charge in [0.1, 0.15) is 4.83 Å². The van der Waals surface area contributed by atoms with Crippen LogP contribution in [0.4, 0.5) is 0 Å². The zero-order valence-corrected chi connectivity index (χ0v) is 16.6. The fraction of sp³-hybridized carbons (Fsp3) is 0.333. The van der Waals surface area contributed by atoms with Gasteiger partial charge in [-0.05, 0) is 50.3 Å². The summed E-state index contributed by atoms with van der Waals surface area (Å²) in [6.45, 7) is 5.99. The van der Waals surface area contributed by atoms with Gasteiger partial charge in [-0.3, -0.25) is 9.36 Å². The van der Waals surface area contributed by atoms with Crippen molar-refractivity contribution in [1.29, 1.82) is 0 Å². The number of hydrogen-bond acceptors (Lipinski definition) is 4. The van der Waals surface area contributed by atoms with Gasteiger partial charge in [0, 0.05) is 10.6 Å². The summed E-state index contributed by atoms with van der Waals surface area (Å²) >= 11 is 3.31. The first-order valence-corrected chi connectivity index (χ1v) is 10.9. The van der Waals surface area contributed by atoms with Gasteiger partial charge in [0.2, 0.25) is 0 Å². The van der Waals surface area contributed by atoms with Crippen LogP contribution in [0.25, 0.3) is 15.9 Å². The minimum Gasteiger partial charge on any atom is -0.268 e. The summed E-state index contributed by atoms with van der Waals surface area (Å²) in [5, 5.41) is 1.60. The number of benzene rings is 1. The molecule has 0 radical (unpaired) electrons. The van der Waals surface area contributed by atoms with Crippen molar-refractivity contribution >= 4 is 33.3 Å². The van der Waals surface area contributed by atoms with Crippen LogP contribution in [0.5, 0.6) is 0 Å². The first-order chi connectivity index (χ1) is 12.6. The van der Waals surface area contributed by atoms with Gasteiger partial charge < -0.3 is 0 Å². The van der Waals surface area contributed by atoms with Crippen molar-refractivity contribution in [2.45, 2.75) is 44.2 Å². The summed E-state index contributed by atoms with van der Waals surface area (Å²) in [7, 11) is 0. The van der Waals surface area contributed by atoms with Crippen LogP contribution in [0, 0.1) is 0 Å². The Morgan fingerprint density at radius 2 is 2.00 bits per heavy atom. The number of thioether (sulfide) groups is 1. The van der Waals surface area contributed by atoms with E-state index < -0.39 is 0 Å². The van der Waals surface area contributed by atoms with Crippen molar-refractivity contribution in [2.75, 3.05) is 5.75 Å². The Labute approximate surface area is 161 Å². The maximum absolute atomic E-state index is 13.5. The minimum atomic E-state index is 0.0739. The molecule has 0 spiro atoms. The summed E-state index contributed by atoms with van der Waals surface area (Å²) in [6, 6.07) is 9.86. The van der Waals surface area contributed by atoms with Gasteiger partial charge in [-0.15, -0.1) is 11.3 Å². The molecule has 2 aromatic heterocycles. The number of fused-ring (bicyclic) bond motifs is 3. The third-order valence-electron chi connectivity index (χ3n) is 4.67. The average molecular weight is 383 g/mol. The van der Waals surface area contributed by atoms with E-state index in [9.17, 15) is 4.79 Å². The molecule has 0 unspecified atom stereocenters. The smallest absolute Gasteiger partial charge is 0.267 e. The van der Waals surface area contributed by atoms with Crippen LogP contribution < -0.4 is 5.56 Å². The molecular weight excluding hydrogens is 360 g/mol. The first-order valence-electron chi connectivity index (χ1n) is 9.05. The fourth-order valence-electron chi connectivity index (χ4n) is 3.45. The van der Waals surface area contributed by atoms with Crippen LogP contribution in [0.1, 0.15) is 36.6 Å². The van der Waals surface area contributed by atoms with E-state index in [0.717, 1.165) is 51.6 Å². The Kier molecular flexibility index (Phi) is 5.00. The van der Waals surface area contributed by atoms with Gasteiger partial charge in [0.05, 0.1) is 11.1 Å². The molecule has 0 bridgehead atoms. The number of hydrogen-bond donors (Lipinski definition) is 0. The predicted molar refractivity (Wildman–Crippen MR) is 112 cm³/mol. The summed E-state index contributed by atoms with van der Waals surface area (Å²) in [5.74, 6) is 0.760. The fourth-order valence-corrected chi connectivity index (χ4v) is 5.61. The van der Waals surface area contributed by atoms with E-state index in [4.69, 9.17) is 4.98 Å². The second-order valence-corrected chi connectivity index (χ2v) is 8.89. The number of aromatic nitrogens is 2. The highest BCUT2D eigenvalue weighted by Crippen LogP contribution is 2.34. The zero-order valence-electron chi connectivity index (χ0n) is 15.0. The average Bonchev–Trinajstić information content (AvgIpc) is 2.82. The Bertz CT molecular complexity index is 1020. The summed E-state index contributed by atoms with van der Waals surface area (Å²) in [5.41, 5.74) is 3.28. The van der Waals surface area contributed by atoms with E-state index in [2.05, 4.69) is 6.58 Å². The summed E-state index contributed by atoms with van der Waals surface area (Å²) < 4.78 is 1.79. The van der Waals surface area contributed by atoms with Crippen molar-refractivity contribution in [1.82, 2.24) is 9.55 Å². The highest BCUT2D eigenvalue weighted by Gasteiger charge is 2.22. The third-order valence-corrected chi connectivity index (χ3v) is 7.03. The van der Waals surface area contributed by atoms with E-state index in [1.807, 2.05) is 37.3 Å². The van der Waals surface area contributed by atoms with Gasteiger partial charge in [-0.1, -0.05) is 48.5 Å². The molecule has 0 N–H and O–H groups in total. The number of aryl methyl sites for hydroxylation is 2. The van der Waals surface area contributed by atoms with E-state index in [0.29, 0.717) is 0 Å². The molecule has 0 fully saturated rings. The lowest BCUT2D eigenvalue weighted by Crippen LogP contribution is -2.22. The summed E-state index contributed by atoms with van der Waals surface area (Å²) in [4.78, 5) is 20.7. The largest absolute Gasteiger partial charge is 0.268 e. The molecule has 3 nitrogen and oxygen atoms in total. The molecule has 0 aliphatic heterocycles. The quantitative estimate of drug-likeness (QED) is 0.263. The molecule has 3 aromatic rings. The molecule has 134 valence electrons. The van der Waals surface area contributed by atoms with Gasteiger partial charge >= 0.3 is 0 Å². The van der Waals surface area contributed by atoms with Gasteiger partial charge in [-0.2, -0.15) is 0 Å². The second kappa shape index (κ2) is 7.41. The second-order valence-electron chi connectivity index (χ2n) is 6.86. The number of thiophene rings is 1. The molecule has 0 saturated carbocycles. The highest BCUT2D eigenvalue weighted by atomic mass is 32.2. The lowest BCUT2D eigenvalue weighted by molar-refractivity contribution is 0.713. The Balaban J connectivity index is 1.97. The number of nitrogens with zero attached hydrogens (tertiary/aromatic N) is 2. The van der Waals surface area contributed by atoms with Gasteiger partial charge in [-0.25, -0.2) is 4.98 Å². The molecule has 1 aliphatic rings. The molecule has 0 atom stereocenters. The molecule has 0 amide bonds. The van der Waals surface area contributed by atoms with Gasteiger partial charge in [0.25, 0.3) is 5.56 Å². The van der Waals surface area contributed by atoms with E-state index in [-0.39, 0.29) is 5.56 Å². The number of rotatable bonds is 4. The van der Waals surface area contributed by atoms with Gasteiger partial charge in [0.15, 0.2) is 5.16 Å². The molecule has 0 saturated heterocycles. The van der Waals surface area contributed by atoms with Crippen molar-refractivity contribution < 1.29 is 0 Å². The molecular formula is C21H22N2OS2. The Morgan fingerprint density at radius 3 is 2.77 bits per heavy atom. The van der Waals surface area contributed by atoms with Crippen LogP contribution in [0.15, 0.2) is 52.4 Å². The maximum Gasteiger partial charge on any atom is 0.267 e. The third kappa shape index (κ3) is 3.26. The van der Waals surface area contributed by atoms with Crippen LogP contribution >= 0.6 is 23.1 Å². The zero-order chi connectivity index (χ0) is 18.1. The van der Waals surface area contributed by atoms with Crippen LogP contribution in [-0.4, -0.2) is 15.3 Å². The highest BCUT2D eigenvalue weighted by molar-refractivity contribution is 7.99. The first kappa shape index (κ1) is 17.6. The topological polar surface area (TPSA) is 34.9 Å². The SMILES string of the molecule is C=C(C)CSc1nc2sc3c(c2c(=O)n1-c1ccccc1)CCCCC3. The molecule has 5 heteroatoms. The normalized spacial score (nSPS) is 14.2. The Morgan fingerprint density at radius 1 is 1.23 bits per heavy atom. The molecule has 4 rings (SSSR count). The molecule has 26 heavy (non-hydrogen) atoms. The maximum atomic E-state index is 13.5. The van der Waals surface area contributed by atoms with Crippen LogP contribution in [0.3, 0.4) is 0 Å². The number of para-hydroxylation sites is 1. The summed E-state index contributed by atoms with van der Waals surface area (Å²) in [6.07, 6.45) is 5.70. The molecule has 1 aromatic carbocycles. The van der Waals surface area contributed by atoms with Crippen molar-refractivity contribution in [2.24, 2.45) is 0 Å². The molecule has 1 aliphatic carbocycles. The lowest BCUT2D eigenvalue weighted by Gasteiger charge is -2.12. The monoisotopic (exact) mass is 382 g/mol. The van der Waals surface area contributed by atoms with E-state index in [1.165, 1.54) is 23.3 Å². The molecule has 2 heterocycles. The van der Waals surface area contributed by atoms with Crippen LogP contribution in [-0.2, 0) is 12.8 Å². The minimum absolute atomic E-state index is 0.0739. The van der Waals surface area contributed by atoms with E-state index >= 15 is 0 Å². The van der Waals surface area contributed by atoms with E-state index in [1.54, 1.807) is 27.7 Å². The standard InChI is InChI=1S/C21H22N2OS2/c1-14(2)13-25-21-22-19-18(16-11-7-4-8-12-17(16)26-19)20(24)23(21)15-9-5-3-6-10-15/h3,5-6,9-10H,1,4,7-8,11-13H2,2H3. The van der Waals surface area contributed by atoms with Crippen molar-refractivity contribution in [3.05, 3.63) is 63.3 Å². The van der Waals surface area contributed by atoms with Crippen LogP contribution in [0.2, 0.25) is 0 Å².